The Morgan fingerprint density at radius 1 is 1.05 bits per heavy atom. The predicted octanol–water partition coefficient (Wildman–Crippen LogP) is 5.55. The number of carbonyl (C=O) groups is 1. The fraction of sp³-hybridized carbons (Fsp3) is 0.133. The van der Waals surface area contributed by atoms with Crippen molar-refractivity contribution in [2.45, 2.75) is 13.1 Å². The van der Waals surface area contributed by atoms with E-state index >= 15 is 0 Å². The van der Waals surface area contributed by atoms with Crippen LogP contribution in [0.15, 0.2) is 36.4 Å². The van der Waals surface area contributed by atoms with Crippen LogP contribution in [-0.2, 0) is 6.18 Å². The van der Waals surface area contributed by atoms with Gasteiger partial charge in [-0.25, -0.2) is 0 Å². The van der Waals surface area contributed by atoms with Gasteiger partial charge in [-0.15, -0.1) is 0 Å². The highest BCUT2D eigenvalue weighted by molar-refractivity contribution is 6.41. The molecule has 0 aromatic heterocycles. The number of hydrogen-bond acceptors (Lipinski definition) is 1. The molecule has 0 saturated heterocycles. The average molecular weight is 333 g/mol. The number of rotatable bonds is 2. The molecule has 110 valence electrons. The Bertz CT molecular complexity index is 688. The molecular formula is C15H9Cl2F3O. The molecule has 1 nitrogen and oxygen atoms in total. The maximum atomic E-state index is 12.6. The van der Waals surface area contributed by atoms with Crippen LogP contribution < -0.4 is 0 Å². The third kappa shape index (κ3) is 3.22. The van der Waals surface area contributed by atoms with Gasteiger partial charge in [-0.2, -0.15) is 13.2 Å². The summed E-state index contributed by atoms with van der Waals surface area (Å²) in [5, 5.41) is 0.318. The standard InChI is InChI=1S/C15H9Cl2F3O/c1-8-7-9(15(18,19)20)5-6-10(8)14(21)13-11(16)3-2-4-12(13)17/h2-7H,1H3. The second-order valence-corrected chi connectivity index (χ2v) is 5.27. The summed E-state index contributed by atoms with van der Waals surface area (Å²) in [4.78, 5) is 12.4. The number of ketones is 1. The molecule has 0 atom stereocenters. The van der Waals surface area contributed by atoms with Crippen LogP contribution in [0.3, 0.4) is 0 Å². The zero-order valence-corrected chi connectivity index (χ0v) is 12.3. The molecule has 0 saturated carbocycles. The lowest BCUT2D eigenvalue weighted by molar-refractivity contribution is -0.137. The average Bonchev–Trinajstić information content (AvgIpc) is 2.37. The molecule has 0 aliphatic rings. The number of halogens is 5. The largest absolute Gasteiger partial charge is 0.416 e. The zero-order chi connectivity index (χ0) is 15.8. The van der Waals surface area contributed by atoms with Crippen molar-refractivity contribution < 1.29 is 18.0 Å². The van der Waals surface area contributed by atoms with Crippen molar-refractivity contribution in [1.82, 2.24) is 0 Å². The van der Waals surface area contributed by atoms with Gasteiger partial charge < -0.3 is 0 Å². The summed E-state index contributed by atoms with van der Waals surface area (Å²) in [6, 6.07) is 7.52. The second kappa shape index (κ2) is 5.70. The van der Waals surface area contributed by atoms with Crippen molar-refractivity contribution in [2.24, 2.45) is 0 Å². The second-order valence-electron chi connectivity index (χ2n) is 4.45. The number of alkyl halides is 3. The molecule has 0 heterocycles. The van der Waals surface area contributed by atoms with Crippen LogP contribution in [0.4, 0.5) is 13.2 Å². The Morgan fingerprint density at radius 3 is 2.10 bits per heavy atom. The van der Waals surface area contributed by atoms with E-state index in [1.54, 1.807) is 6.07 Å². The van der Waals surface area contributed by atoms with Gasteiger partial charge >= 0.3 is 6.18 Å². The Hall–Kier alpha value is -1.52. The summed E-state index contributed by atoms with van der Waals surface area (Å²) < 4.78 is 37.9. The quantitative estimate of drug-likeness (QED) is 0.659. The Balaban J connectivity index is 2.50. The van der Waals surface area contributed by atoms with E-state index in [1.807, 2.05) is 0 Å². The van der Waals surface area contributed by atoms with Gasteiger partial charge in [0, 0.05) is 5.56 Å². The predicted molar refractivity (Wildman–Crippen MR) is 76.1 cm³/mol. The van der Waals surface area contributed by atoms with E-state index in [9.17, 15) is 18.0 Å². The molecule has 2 aromatic carbocycles. The number of aryl methyl sites for hydroxylation is 1. The minimum absolute atomic E-state index is 0.0868. The summed E-state index contributed by atoms with van der Waals surface area (Å²) in [6.45, 7) is 1.44. The molecule has 0 bridgehead atoms. The van der Waals surface area contributed by atoms with Gasteiger partial charge in [0.1, 0.15) is 0 Å². The van der Waals surface area contributed by atoms with E-state index in [2.05, 4.69) is 0 Å². The highest BCUT2D eigenvalue weighted by atomic mass is 35.5. The first-order chi connectivity index (χ1) is 9.71. The molecule has 6 heteroatoms. The summed E-state index contributed by atoms with van der Waals surface area (Å²) in [5.74, 6) is -0.503. The van der Waals surface area contributed by atoms with Gasteiger partial charge in [-0.05, 0) is 36.8 Å². The van der Waals surface area contributed by atoms with Crippen LogP contribution in [0.1, 0.15) is 27.0 Å². The molecule has 0 aliphatic heterocycles. The molecule has 0 N–H and O–H groups in total. The summed E-state index contributed by atoms with van der Waals surface area (Å²) in [6.07, 6.45) is -4.45. The molecule has 0 aliphatic carbocycles. The van der Waals surface area contributed by atoms with Gasteiger partial charge in [0.05, 0.1) is 21.2 Å². The molecule has 2 aromatic rings. The molecule has 0 radical (unpaired) electrons. The highest BCUT2D eigenvalue weighted by Gasteiger charge is 2.31. The van der Waals surface area contributed by atoms with Crippen LogP contribution in [0.2, 0.25) is 10.0 Å². The van der Waals surface area contributed by atoms with Gasteiger partial charge in [-0.1, -0.05) is 35.3 Å². The molecule has 0 unspecified atom stereocenters. The SMILES string of the molecule is Cc1cc(C(F)(F)F)ccc1C(=O)c1c(Cl)cccc1Cl. The topological polar surface area (TPSA) is 17.1 Å². The fourth-order valence-electron chi connectivity index (χ4n) is 1.94. The van der Waals surface area contributed by atoms with Crippen molar-refractivity contribution in [2.75, 3.05) is 0 Å². The lowest BCUT2D eigenvalue weighted by atomic mass is 9.97. The van der Waals surface area contributed by atoms with Gasteiger partial charge in [0.15, 0.2) is 5.78 Å². The van der Waals surface area contributed by atoms with E-state index in [0.29, 0.717) is 0 Å². The van der Waals surface area contributed by atoms with Crippen LogP contribution in [0.5, 0.6) is 0 Å². The third-order valence-electron chi connectivity index (χ3n) is 2.99. The highest BCUT2D eigenvalue weighted by Crippen LogP contribution is 2.32. The maximum Gasteiger partial charge on any atom is 0.416 e. The van der Waals surface area contributed by atoms with Crippen molar-refractivity contribution in [3.05, 3.63) is 68.7 Å². The van der Waals surface area contributed by atoms with Gasteiger partial charge in [0.2, 0.25) is 0 Å². The van der Waals surface area contributed by atoms with Gasteiger partial charge in [-0.3, -0.25) is 4.79 Å². The van der Waals surface area contributed by atoms with E-state index in [0.717, 1.165) is 18.2 Å². The van der Waals surface area contributed by atoms with Crippen molar-refractivity contribution in [3.63, 3.8) is 0 Å². The first-order valence-corrected chi connectivity index (χ1v) is 6.64. The molecule has 0 amide bonds. The number of carbonyl (C=O) groups excluding carboxylic acids is 1. The lowest BCUT2D eigenvalue weighted by Crippen LogP contribution is -2.09. The van der Waals surface area contributed by atoms with Gasteiger partial charge in [0.25, 0.3) is 0 Å². The van der Waals surface area contributed by atoms with E-state index < -0.39 is 17.5 Å². The Labute approximate surface area is 129 Å². The molecule has 2 rings (SSSR count). The monoisotopic (exact) mass is 332 g/mol. The lowest BCUT2D eigenvalue weighted by Gasteiger charge is -2.12. The van der Waals surface area contributed by atoms with Crippen molar-refractivity contribution in [3.8, 4) is 0 Å². The normalized spacial score (nSPS) is 11.5. The third-order valence-corrected chi connectivity index (χ3v) is 3.62. The minimum Gasteiger partial charge on any atom is -0.288 e. The molecule has 0 spiro atoms. The minimum atomic E-state index is -4.45. The van der Waals surface area contributed by atoms with Crippen LogP contribution in [0.25, 0.3) is 0 Å². The van der Waals surface area contributed by atoms with Crippen molar-refractivity contribution >= 4 is 29.0 Å². The molecule has 0 fully saturated rings. The first kappa shape index (κ1) is 15.9. The van der Waals surface area contributed by atoms with Crippen LogP contribution >= 0.6 is 23.2 Å². The Morgan fingerprint density at radius 2 is 1.62 bits per heavy atom. The van der Waals surface area contributed by atoms with Crippen LogP contribution in [-0.4, -0.2) is 5.78 Å². The van der Waals surface area contributed by atoms with Crippen molar-refractivity contribution in [1.29, 1.82) is 0 Å². The number of hydrogen-bond donors (Lipinski definition) is 0. The maximum absolute atomic E-state index is 12.6. The van der Waals surface area contributed by atoms with E-state index in [4.69, 9.17) is 23.2 Å². The summed E-state index contributed by atoms with van der Waals surface area (Å²) >= 11 is 11.9. The smallest absolute Gasteiger partial charge is 0.288 e. The summed E-state index contributed by atoms with van der Waals surface area (Å²) in [7, 11) is 0. The van der Waals surface area contributed by atoms with E-state index in [-0.39, 0.29) is 26.7 Å². The van der Waals surface area contributed by atoms with E-state index in [1.165, 1.54) is 19.1 Å². The number of benzene rings is 2. The molecule has 21 heavy (non-hydrogen) atoms. The van der Waals surface area contributed by atoms with Crippen LogP contribution in [0, 0.1) is 6.92 Å². The fourth-order valence-corrected chi connectivity index (χ4v) is 2.51. The first-order valence-electron chi connectivity index (χ1n) is 5.88. The Kier molecular flexibility index (Phi) is 4.30. The summed E-state index contributed by atoms with van der Waals surface area (Å²) in [5.41, 5.74) is -0.366. The zero-order valence-electron chi connectivity index (χ0n) is 10.8. The molecular weight excluding hydrogens is 324 g/mol.